The van der Waals surface area contributed by atoms with Crippen LogP contribution < -0.4 is 5.56 Å². The molecule has 6 heteroatoms. The van der Waals surface area contributed by atoms with Crippen molar-refractivity contribution in [1.29, 1.82) is 0 Å². The number of carbonyl (C=O) groups is 1. The van der Waals surface area contributed by atoms with Crippen molar-refractivity contribution in [2.24, 2.45) is 0 Å². The third-order valence-electron chi connectivity index (χ3n) is 3.23. The number of aromatic hydroxyl groups is 1. The van der Waals surface area contributed by atoms with Gasteiger partial charge in [-0.1, -0.05) is 12.1 Å². The highest BCUT2D eigenvalue weighted by Gasteiger charge is 2.24. The predicted octanol–water partition coefficient (Wildman–Crippen LogP) is 1.41. The van der Waals surface area contributed by atoms with Gasteiger partial charge in [0.25, 0.3) is 5.56 Å². The van der Waals surface area contributed by atoms with Crippen LogP contribution in [0, 0.1) is 6.92 Å². The van der Waals surface area contributed by atoms with Gasteiger partial charge >= 0.3 is 5.97 Å². The molecule has 2 aromatic rings. The van der Waals surface area contributed by atoms with Gasteiger partial charge in [-0.05, 0) is 24.6 Å². The van der Waals surface area contributed by atoms with Crippen LogP contribution in [0.15, 0.2) is 29.1 Å². The molecule has 2 rings (SSSR count). The highest BCUT2D eigenvalue weighted by Crippen LogP contribution is 2.29. The van der Waals surface area contributed by atoms with Crippen LogP contribution in [-0.2, 0) is 9.53 Å². The normalized spacial score (nSPS) is 12.1. The molecule has 0 spiro atoms. The van der Waals surface area contributed by atoms with Crippen molar-refractivity contribution >= 4 is 5.97 Å². The van der Waals surface area contributed by atoms with E-state index in [2.05, 4.69) is 14.9 Å². The van der Waals surface area contributed by atoms with Crippen molar-refractivity contribution in [3.05, 3.63) is 51.4 Å². The Bertz CT molecular complexity index is 672. The third kappa shape index (κ3) is 2.74. The van der Waals surface area contributed by atoms with Crippen LogP contribution in [0.3, 0.4) is 0 Å². The predicted molar refractivity (Wildman–Crippen MR) is 72.7 cm³/mol. The number of hydrogen-bond acceptors (Lipinski definition) is 4. The number of nitrogens with one attached hydrogen (secondary N) is 2. The molecule has 0 unspecified atom stereocenters. The van der Waals surface area contributed by atoms with Crippen LogP contribution in [0.25, 0.3) is 0 Å². The van der Waals surface area contributed by atoms with E-state index in [1.807, 2.05) is 0 Å². The van der Waals surface area contributed by atoms with E-state index < -0.39 is 11.9 Å². The van der Waals surface area contributed by atoms with Gasteiger partial charge in [-0.3, -0.25) is 14.7 Å². The van der Waals surface area contributed by atoms with E-state index >= 15 is 0 Å². The number of esters is 1. The number of phenols is 1. The minimum Gasteiger partial charge on any atom is -0.508 e. The van der Waals surface area contributed by atoms with Crippen LogP contribution in [0.1, 0.15) is 29.2 Å². The van der Waals surface area contributed by atoms with Crippen LogP contribution >= 0.6 is 0 Å². The smallest absolute Gasteiger partial charge is 0.306 e. The molecule has 106 valence electrons. The van der Waals surface area contributed by atoms with Crippen molar-refractivity contribution in [2.45, 2.75) is 19.3 Å². The molecule has 0 saturated carbocycles. The zero-order valence-electron chi connectivity index (χ0n) is 11.3. The number of benzene rings is 1. The van der Waals surface area contributed by atoms with Gasteiger partial charge in [-0.2, -0.15) is 0 Å². The maximum Gasteiger partial charge on any atom is 0.306 e. The quantitative estimate of drug-likeness (QED) is 0.736. The minimum absolute atomic E-state index is 0.0295. The topological polar surface area (TPSA) is 95.2 Å². The third-order valence-corrected chi connectivity index (χ3v) is 3.23. The summed E-state index contributed by atoms with van der Waals surface area (Å²) in [6.45, 7) is 1.75. The van der Waals surface area contributed by atoms with Crippen molar-refractivity contribution in [3.63, 3.8) is 0 Å². The molecule has 20 heavy (non-hydrogen) atoms. The van der Waals surface area contributed by atoms with Crippen molar-refractivity contribution in [3.8, 4) is 5.75 Å². The van der Waals surface area contributed by atoms with Gasteiger partial charge in [0.15, 0.2) is 0 Å². The Kier molecular flexibility index (Phi) is 3.93. The molecule has 0 aliphatic heterocycles. The van der Waals surface area contributed by atoms with Gasteiger partial charge in [-0.25, -0.2) is 0 Å². The Balaban J connectivity index is 2.50. The first-order valence-corrected chi connectivity index (χ1v) is 6.15. The number of H-pyrrole nitrogens is 2. The van der Waals surface area contributed by atoms with E-state index in [1.54, 1.807) is 25.1 Å². The summed E-state index contributed by atoms with van der Waals surface area (Å²) in [5.41, 5.74) is 1.54. The van der Waals surface area contributed by atoms with Crippen LogP contribution in [0.5, 0.6) is 5.75 Å². The minimum atomic E-state index is -0.468. The fraction of sp³-hybridized carbons (Fsp3) is 0.286. The van der Waals surface area contributed by atoms with Gasteiger partial charge in [-0.15, -0.1) is 0 Å². The molecular formula is C14H16N2O4. The number of rotatable bonds is 4. The summed E-state index contributed by atoms with van der Waals surface area (Å²) in [6, 6.07) is 6.51. The molecule has 6 nitrogen and oxygen atoms in total. The molecule has 1 aromatic heterocycles. The summed E-state index contributed by atoms with van der Waals surface area (Å²) in [5.74, 6) is -0.801. The van der Waals surface area contributed by atoms with Crippen molar-refractivity contribution in [1.82, 2.24) is 10.2 Å². The first kappa shape index (κ1) is 13.9. The highest BCUT2D eigenvalue weighted by molar-refractivity contribution is 5.71. The molecule has 3 N–H and O–H groups in total. The zero-order valence-corrected chi connectivity index (χ0v) is 11.3. The summed E-state index contributed by atoms with van der Waals surface area (Å²) >= 11 is 0. The van der Waals surface area contributed by atoms with E-state index in [9.17, 15) is 14.7 Å². The van der Waals surface area contributed by atoms with E-state index in [1.165, 1.54) is 13.2 Å². The first-order chi connectivity index (χ1) is 9.52. The second-order valence-corrected chi connectivity index (χ2v) is 4.55. The number of ether oxygens (including phenoxy) is 1. The zero-order chi connectivity index (χ0) is 14.7. The Morgan fingerprint density at radius 1 is 1.40 bits per heavy atom. The second kappa shape index (κ2) is 5.64. The molecule has 1 heterocycles. The van der Waals surface area contributed by atoms with Gasteiger partial charge in [0.05, 0.1) is 13.5 Å². The standard InChI is InChI=1S/C14H16N2O4/c1-8-13(14(19)16-15-8)11(7-12(18)20-2)9-4-3-5-10(17)6-9/h3-6,11,17H,7H2,1-2H3,(H2,15,16,19)/t11-/m1/s1. The lowest BCUT2D eigenvalue weighted by atomic mass is 9.88. The number of phenolic OH excluding ortho intramolecular Hbond substituents is 1. The number of carbonyl (C=O) groups excluding carboxylic acids is 1. The van der Waals surface area contributed by atoms with E-state index in [0.29, 0.717) is 16.8 Å². The van der Waals surface area contributed by atoms with Crippen molar-refractivity contribution < 1.29 is 14.6 Å². The van der Waals surface area contributed by atoms with E-state index in [4.69, 9.17) is 0 Å². The number of hydrogen-bond donors (Lipinski definition) is 3. The molecule has 1 atom stereocenters. The van der Waals surface area contributed by atoms with E-state index in [0.717, 1.165) is 0 Å². The Morgan fingerprint density at radius 2 is 2.15 bits per heavy atom. The fourth-order valence-electron chi connectivity index (χ4n) is 2.25. The van der Waals surface area contributed by atoms with E-state index in [-0.39, 0.29) is 17.7 Å². The van der Waals surface area contributed by atoms with Gasteiger partial charge in [0, 0.05) is 17.2 Å². The van der Waals surface area contributed by atoms with Gasteiger partial charge in [0.1, 0.15) is 5.75 Å². The summed E-state index contributed by atoms with van der Waals surface area (Å²) in [5, 5.41) is 14.8. The number of aromatic amines is 2. The molecule has 0 saturated heterocycles. The number of methoxy groups -OCH3 is 1. The van der Waals surface area contributed by atoms with Crippen LogP contribution in [-0.4, -0.2) is 28.4 Å². The van der Waals surface area contributed by atoms with Gasteiger partial charge < -0.3 is 14.9 Å². The van der Waals surface area contributed by atoms with Crippen LogP contribution in [0.2, 0.25) is 0 Å². The highest BCUT2D eigenvalue weighted by atomic mass is 16.5. The fourth-order valence-corrected chi connectivity index (χ4v) is 2.25. The molecule has 0 amide bonds. The summed E-state index contributed by atoms with van der Waals surface area (Å²) in [7, 11) is 1.30. The second-order valence-electron chi connectivity index (χ2n) is 4.55. The first-order valence-electron chi connectivity index (χ1n) is 6.15. The molecule has 0 bridgehead atoms. The maximum absolute atomic E-state index is 11.9. The number of aromatic nitrogens is 2. The average molecular weight is 276 g/mol. The monoisotopic (exact) mass is 276 g/mol. The Hall–Kier alpha value is -2.50. The summed E-state index contributed by atoms with van der Waals surface area (Å²) in [4.78, 5) is 23.5. The largest absolute Gasteiger partial charge is 0.508 e. The Labute approximate surface area is 115 Å². The Morgan fingerprint density at radius 3 is 2.70 bits per heavy atom. The van der Waals surface area contributed by atoms with Gasteiger partial charge in [0.2, 0.25) is 0 Å². The van der Waals surface area contributed by atoms with Crippen LogP contribution in [0.4, 0.5) is 0 Å². The summed E-state index contributed by atoms with van der Waals surface area (Å²) < 4.78 is 4.69. The molecular weight excluding hydrogens is 260 g/mol. The van der Waals surface area contributed by atoms with Crippen molar-refractivity contribution in [2.75, 3.05) is 7.11 Å². The number of aryl methyl sites for hydroxylation is 1. The molecule has 0 aliphatic carbocycles. The molecule has 0 radical (unpaired) electrons. The SMILES string of the molecule is COC(=O)C[C@H](c1cccc(O)c1)c1c(C)[nH][nH]c1=O. The maximum atomic E-state index is 11.9. The molecule has 0 aliphatic rings. The lowest BCUT2D eigenvalue weighted by Gasteiger charge is -2.15. The average Bonchev–Trinajstić information content (AvgIpc) is 2.75. The summed E-state index contributed by atoms with van der Waals surface area (Å²) in [6.07, 6.45) is 0.0295. The lowest BCUT2D eigenvalue weighted by Crippen LogP contribution is -2.17. The molecule has 1 aromatic carbocycles. The lowest BCUT2D eigenvalue weighted by molar-refractivity contribution is -0.140. The molecule has 0 fully saturated rings.